The maximum Gasteiger partial charge on any atom is 0.328 e. The highest BCUT2D eigenvalue weighted by Gasteiger charge is 2.54. The van der Waals surface area contributed by atoms with E-state index in [1.807, 2.05) is 4.98 Å². The number of H-pyrrole nitrogens is 1. The average molecular weight is 319 g/mol. The lowest BCUT2D eigenvalue weighted by Gasteiger charge is -2.23. The fourth-order valence-electron chi connectivity index (χ4n) is 1.96. The molecule has 114 valence electrons. The number of ether oxygens (including phenoxy) is 1. The van der Waals surface area contributed by atoms with Crippen molar-refractivity contribution in [2.75, 3.05) is 6.61 Å². The summed E-state index contributed by atoms with van der Waals surface area (Å²) in [5.74, 6) is -0.958. The second-order valence-electron chi connectivity index (χ2n) is 4.28. The second kappa shape index (κ2) is 5.52. The largest absolute Gasteiger partial charge is 0.393 e. The standard InChI is InChI=1S/C9H10FN5O5S/c10-3-1-15(8(19)12-6(3)21)7-4(17)5(18)9(2-16,20-7)13-14-11/h1,4-5,7,16-18H,2H2,(H,12,19,21)/t4?,5-,7-,9-/m1/s1. The van der Waals surface area contributed by atoms with Crippen molar-refractivity contribution in [2.24, 2.45) is 5.11 Å². The number of nitrogens with one attached hydrogen (secondary N) is 1. The highest BCUT2D eigenvalue weighted by molar-refractivity contribution is 7.71. The van der Waals surface area contributed by atoms with Crippen LogP contribution in [0.2, 0.25) is 0 Å². The van der Waals surface area contributed by atoms with Crippen LogP contribution in [0.5, 0.6) is 0 Å². The number of rotatable bonds is 3. The molecule has 2 heterocycles. The highest BCUT2D eigenvalue weighted by atomic mass is 32.1. The van der Waals surface area contributed by atoms with Gasteiger partial charge in [-0.1, -0.05) is 17.3 Å². The van der Waals surface area contributed by atoms with E-state index in [2.05, 4.69) is 22.2 Å². The van der Waals surface area contributed by atoms with E-state index >= 15 is 0 Å². The zero-order valence-electron chi connectivity index (χ0n) is 10.2. The first-order valence-electron chi connectivity index (χ1n) is 5.58. The molecule has 1 saturated heterocycles. The van der Waals surface area contributed by atoms with E-state index in [0.29, 0.717) is 10.8 Å². The smallest absolute Gasteiger partial charge is 0.328 e. The van der Waals surface area contributed by atoms with Crippen molar-refractivity contribution < 1.29 is 24.4 Å². The van der Waals surface area contributed by atoms with Crippen molar-refractivity contribution in [3.8, 4) is 0 Å². The first-order valence-corrected chi connectivity index (χ1v) is 5.99. The summed E-state index contributed by atoms with van der Waals surface area (Å²) in [6.07, 6.45) is -4.47. The predicted molar refractivity (Wildman–Crippen MR) is 66.9 cm³/mol. The van der Waals surface area contributed by atoms with E-state index in [1.165, 1.54) is 0 Å². The molecule has 1 unspecified atom stereocenters. The molecule has 0 aliphatic carbocycles. The molecular formula is C9H10FN5O5S. The molecule has 1 aliphatic heterocycles. The van der Waals surface area contributed by atoms with Gasteiger partial charge in [0.2, 0.25) is 5.72 Å². The van der Waals surface area contributed by atoms with E-state index in [9.17, 15) is 24.5 Å². The predicted octanol–water partition coefficient (Wildman–Crippen LogP) is -0.706. The highest BCUT2D eigenvalue weighted by Crippen LogP contribution is 2.37. The van der Waals surface area contributed by atoms with Crippen molar-refractivity contribution in [3.63, 3.8) is 0 Å². The zero-order chi connectivity index (χ0) is 15.8. The minimum atomic E-state index is -2.18. The molecule has 12 heteroatoms. The van der Waals surface area contributed by atoms with Crippen LogP contribution < -0.4 is 5.69 Å². The molecule has 1 fully saturated rings. The summed E-state index contributed by atoms with van der Waals surface area (Å²) in [5.41, 5.74) is 5.36. The van der Waals surface area contributed by atoms with Crippen LogP contribution >= 0.6 is 12.2 Å². The Balaban J connectivity index is 2.52. The maximum absolute atomic E-state index is 13.4. The number of azide groups is 1. The molecule has 0 radical (unpaired) electrons. The molecule has 1 aromatic heterocycles. The van der Waals surface area contributed by atoms with Crippen molar-refractivity contribution in [1.29, 1.82) is 0 Å². The van der Waals surface area contributed by atoms with E-state index in [1.54, 1.807) is 0 Å². The molecule has 0 spiro atoms. The minimum absolute atomic E-state index is 0.437. The Kier molecular flexibility index (Phi) is 4.09. The van der Waals surface area contributed by atoms with Gasteiger partial charge in [-0.3, -0.25) is 9.55 Å². The van der Waals surface area contributed by atoms with Gasteiger partial charge in [-0.25, -0.2) is 9.18 Å². The zero-order valence-corrected chi connectivity index (χ0v) is 11.1. The van der Waals surface area contributed by atoms with Gasteiger partial charge in [0, 0.05) is 4.91 Å². The fourth-order valence-corrected chi connectivity index (χ4v) is 2.10. The van der Waals surface area contributed by atoms with E-state index in [4.69, 9.17) is 10.3 Å². The third kappa shape index (κ3) is 2.44. The van der Waals surface area contributed by atoms with Crippen molar-refractivity contribution >= 4 is 12.2 Å². The van der Waals surface area contributed by atoms with Crippen LogP contribution in [-0.2, 0) is 4.74 Å². The van der Waals surface area contributed by atoms with Gasteiger partial charge in [-0.05, 0) is 5.53 Å². The first kappa shape index (κ1) is 15.6. The van der Waals surface area contributed by atoms with Gasteiger partial charge in [0.1, 0.15) is 16.8 Å². The van der Waals surface area contributed by atoms with Crippen LogP contribution in [0.1, 0.15) is 6.23 Å². The molecule has 2 rings (SSSR count). The molecule has 0 bridgehead atoms. The van der Waals surface area contributed by atoms with E-state index in [0.717, 1.165) is 0 Å². The molecule has 21 heavy (non-hydrogen) atoms. The van der Waals surface area contributed by atoms with Gasteiger partial charge in [0.25, 0.3) is 0 Å². The first-order chi connectivity index (χ1) is 9.86. The third-order valence-electron chi connectivity index (χ3n) is 3.04. The lowest BCUT2D eigenvalue weighted by molar-refractivity contribution is -0.125. The Morgan fingerprint density at radius 1 is 1.67 bits per heavy atom. The van der Waals surface area contributed by atoms with Crippen molar-refractivity contribution in [1.82, 2.24) is 9.55 Å². The number of aliphatic hydroxyl groups excluding tert-OH is 3. The second-order valence-corrected chi connectivity index (χ2v) is 4.69. The summed E-state index contributed by atoms with van der Waals surface area (Å²) in [4.78, 5) is 16.1. The Morgan fingerprint density at radius 3 is 2.90 bits per heavy atom. The number of aliphatic hydroxyl groups is 3. The summed E-state index contributed by atoms with van der Waals surface area (Å²) in [5, 5.41) is 32.1. The average Bonchev–Trinajstić information content (AvgIpc) is 2.69. The van der Waals surface area contributed by atoms with Crippen LogP contribution in [-0.4, -0.2) is 49.4 Å². The molecule has 1 aromatic rings. The maximum atomic E-state index is 13.4. The monoisotopic (exact) mass is 319 g/mol. The number of hydrogen-bond acceptors (Lipinski definition) is 7. The van der Waals surface area contributed by atoms with Gasteiger partial charge >= 0.3 is 5.69 Å². The summed E-state index contributed by atoms with van der Waals surface area (Å²) in [6.45, 7) is -0.953. The normalized spacial score (nSPS) is 31.9. The van der Waals surface area contributed by atoms with Gasteiger partial charge in [-0.15, -0.1) is 0 Å². The van der Waals surface area contributed by atoms with Gasteiger partial charge in [0.15, 0.2) is 12.0 Å². The third-order valence-corrected chi connectivity index (χ3v) is 3.34. The lowest BCUT2D eigenvalue weighted by atomic mass is 10.1. The number of halogens is 1. The molecule has 0 saturated carbocycles. The van der Waals surface area contributed by atoms with Gasteiger partial charge in [0.05, 0.1) is 12.8 Å². The van der Waals surface area contributed by atoms with Crippen molar-refractivity contribution in [2.45, 2.75) is 24.2 Å². The van der Waals surface area contributed by atoms with Crippen LogP contribution in [0.25, 0.3) is 10.4 Å². The summed E-state index contributed by atoms with van der Waals surface area (Å²) < 4.78 is 18.7. The summed E-state index contributed by atoms with van der Waals surface area (Å²) in [7, 11) is 0. The molecule has 4 atom stereocenters. The summed E-state index contributed by atoms with van der Waals surface area (Å²) >= 11 is 4.53. The van der Waals surface area contributed by atoms with Crippen molar-refractivity contribution in [3.05, 3.63) is 37.6 Å². The fraction of sp³-hybridized carbons (Fsp3) is 0.556. The van der Waals surface area contributed by atoms with Crippen LogP contribution in [0.4, 0.5) is 4.39 Å². The molecular weight excluding hydrogens is 309 g/mol. The molecule has 1 aliphatic rings. The van der Waals surface area contributed by atoms with E-state index < -0.39 is 46.9 Å². The molecule has 4 N–H and O–H groups in total. The van der Waals surface area contributed by atoms with Gasteiger partial charge in [-0.2, -0.15) is 0 Å². The van der Waals surface area contributed by atoms with Crippen LogP contribution in [0, 0.1) is 10.5 Å². The SMILES string of the molecule is [N-]=[N+]=N[C@]1(CO)O[C@@H](n2cc(F)c(=S)[nH]c2=O)C(O)[C@H]1O. The molecule has 10 nitrogen and oxygen atoms in total. The number of nitrogens with zero attached hydrogens (tertiary/aromatic N) is 4. The number of aromatic amines is 1. The number of aromatic nitrogens is 2. The van der Waals surface area contributed by atoms with E-state index in [-0.39, 0.29) is 0 Å². The molecule has 0 amide bonds. The number of hydrogen-bond donors (Lipinski definition) is 4. The lowest BCUT2D eigenvalue weighted by Crippen LogP contribution is -2.44. The quantitative estimate of drug-likeness (QED) is 0.249. The van der Waals surface area contributed by atoms with Crippen LogP contribution in [0.3, 0.4) is 0 Å². The topological polar surface area (TPSA) is 156 Å². The minimum Gasteiger partial charge on any atom is -0.393 e. The Morgan fingerprint density at radius 2 is 2.33 bits per heavy atom. The molecule has 0 aromatic carbocycles. The van der Waals surface area contributed by atoms with Crippen LogP contribution in [0.15, 0.2) is 16.1 Å². The van der Waals surface area contributed by atoms with Gasteiger partial charge < -0.3 is 20.1 Å². The Labute approximate surface area is 120 Å². The Hall–Kier alpha value is -1.82. The Bertz CT molecular complexity index is 715. The summed E-state index contributed by atoms with van der Waals surface area (Å²) in [6, 6.07) is 0.